The second-order valence-corrected chi connectivity index (χ2v) is 6.28. The lowest BCUT2D eigenvalue weighted by atomic mass is 9.93. The van der Waals surface area contributed by atoms with Crippen LogP contribution in [0.3, 0.4) is 0 Å². The normalized spacial score (nSPS) is 11.6. The lowest BCUT2D eigenvalue weighted by Gasteiger charge is -2.14. The molecule has 3 aromatic rings. The van der Waals surface area contributed by atoms with Crippen molar-refractivity contribution in [1.29, 1.82) is 5.26 Å². The summed E-state index contributed by atoms with van der Waals surface area (Å²) in [6.45, 7) is 2.23. The van der Waals surface area contributed by atoms with Gasteiger partial charge in [-0.1, -0.05) is 18.2 Å². The number of nitrogen functional groups attached to an aromatic ring is 1. The summed E-state index contributed by atoms with van der Waals surface area (Å²) >= 11 is 0. The summed E-state index contributed by atoms with van der Waals surface area (Å²) in [6.07, 6.45) is 0.444. The van der Waals surface area contributed by atoms with Gasteiger partial charge in [0.1, 0.15) is 23.2 Å². The Balaban J connectivity index is 2.01. The molecule has 27 heavy (non-hydrogen) atoms. The number of rotatable bonds is 3. The molecule has 0 bridgehead atoms. The predicted octanol–water partition coefficient (Wildman–Crippen LogP) is 3.58. The van der Waals surface area contributed by atoms with Gasteiger partial charge in [-0.05, 0) is 36.2 Å². The minimum Gasteiger partial charge on any atom is -0.508 e. The number of benzene rings is 2. The minimum absolute atomic E-state index is 0.0266. The van der Waals surface area contributed by atoms with E-state index >= 15 is 0 Å². The standard InChI is InChI=1S/C21H17N3O3/c1-2-27-18-8-11(6-7-17(18)26)19-14-9-13-12(4-3-5-16(13)25)20(14)24-21(23)15(19)10-22/h3-8,25-26H,2,9H2,1H3,(H2,23,24). The molecule has 0 saturated carbocycles. The van der Waals surface area contributed by atoms with E-state index < -0.39 is 0 Å². The number of phenolic OH excluding ortho intramolecular Hbond substituents is 2. The monoisotopic (exact) mass is 359 g/mol. The van der Waals surface area contributed by atoms with Crippen molar-refractivity contribution in [3.63, 3.8) is 0 Å². The highest BCUT2D eigenvalue weighted by atomic mass is 16.5. The first-order chi connectivity index (χ1) is 13.0. The number of aromatic hydroxyl groups is 2. The highest BCUT2D eigenvalue weighted by Gasteiger charge is 2.29. The largest absolute Gasteiger partial charge is 0.508 e. The number of ether oxygens (including phenoxy) is 1. The van der Waals surface area contributed by atoms with Crippen LogP contribution in [0.4, 0.5) is 5.82 Å². The van der Waals surface area contributed by atoms with Crippen LogP contribution >= 0.6 is 0 Å². The van der Waals surface area contributed by atoms with Crippen LogP contribution in [0.15, 0.2) is 36.4 Å². The maximum Gasteiger partial charge on any atom is 0.161 e. The lowest BCUT2D eigenvalue weighted by Crippen LogP contribution is -2.03. The number of hydrogen-bond donors (Lipinski definition) is 3. The van der Waals surface area contributed by atoms with Crippen LogP contribution in [0.5, 0.6) is 17.2 Å². The number of aromatic nitrogens is 1. The molecule has 1 aliphatic carbocycles. The van der Waals surface area contributed by atoms with Crippen LogP contribution < -0.4 is 10.5 Å². The van der Waals surface area contributed by atoms with Crippen LogP contribution in [0.1, 0.15) is 23.6 Å². The van der Waals surface area contributed by atoms with Gasteiger partial charge in [-0.25, -0.2) is 4.98 Å². The molecule has 2 aromatic carbocycles. The van der Waals surface area contributed by atoms with E-state index in [4.69, 9.17) is 10.5 Å². The summed E-state index contributed by atoms with van der Waals surface area (Å²) < 4.78 is 5.48. The average molecular weight is 359 g/mol. The summed E-state index contributed by atoms with van der Waals surface area (Å²) in [4.78, 5) is 4.43. The Hall–Kier alpha value is -3.72. The Morgan fingerprint density at radius 3 is 2.74 bits per heavy atom. The zero-order valence-electron chi connectivity index (χ0n) is 14.7. The first kappa shape index (κ1) is 16.7. The smallest absolute Gasteiger partial charge is 0.161 e. The van der Waals surface area contributed by atoms with Gasteiger partial charge in [-0.2, -0.15) is 5.26 Å². The minimum atomic E-state index is 0.0266. The maximum absolute atomic E-state index is 10.2. The summed E-state index contributed by atoms with van der Waals surface area (Å²) in [5.41, 5.74) is 10.8. The van der Waals surface area contributed by atoms with Crippen molar-refractivity contribution in [2.75, 3.05) is 12.3 Å². The van der Waals surface area contributed by atoms with Crippen molar-refractivity contribution < 1.29 is 14.9 Å². The van der Waals surface area contributed by atoms with Crippen molar-refractivity contribution in [2.45, 2.75) is 13.3 Å². The number of hydrogen-bond acceptors (Lipinski definition) is 6. The van der Waals surface area contributed by atoms with Gasteiger partial charge in [-0.15, -0.1) is 0 Å². The fraction of sp³-hybridized carbons (Fsp3) is 0.143. The second-order valence-electron chi connectivity index (χ2n) is 6.28. The molecule has 0 atom stereocenters. The molecule has 1 aliphatic rings. The van der Waals surface area contributed by atoms with Gasteiger partial charge in [0.05, 0.1) is 12.3 Å². The van der Waals surface area contributed by atoms with E-state index in [1.54, 1.807) is 24.3 Å². The third-order valence-electron chi connectivity index (χ3n) is 4.75. The summed E-state index contributed by atoms with van der Waals surface area (Å²) in [7, 11) is 0. The van der Waals surface area contributed by atoms with Gasteiger partial charge >= 0.3 is 0 Å². The van der Waals surface area contributed by atoms with Crippen molar-refractivity contribution in [1.82, 2.24) is 4.98 Å². The number of pyridine rings is 1. The first-order valence-corrected chi connectivity index (χ1v) is 8.55. The number of anilines is 1. The fourth-order valence-electron chi connectivity index (χ4n) is 3.57. The van der Waals surface area contributed by atoms with Crippen LogP contribution in [-0.4, -0.2) is 21.8 Å². The third-order valence-corrected chi connectivity index (χ3v) is 4.75. The van der Waals surface area contributed by atoms with Crippen LogP contribution in [0.25, 0.3) is 22.4 Å². The van der Waals surface area contributed by atoms with E-state index in [1.807, 2.05) is 13.0 Å². The predicted molar refractivity (Wildman–Crippen MR) is 102 cm³/mol. The van der Waals surface area contributed by atoms with Gasteiger partial charge in [-0.3, -0.25) is 0 Å². The highest BCUT2D eigenvalue weighted by molar-refractivity contribution is 5.89. The Kier molecular flexibility index (Phi) is 3.85. The zero-order valence-corrected chi connectivity index (χ0v) is 14.7. The van der Waals surface area contributed by atoms with Gasteiger partial charge in [0.15, 0.2) is 11.5 Å². The number of fused-ring (bicyclic) bond motifs is 3. The Morgan fingerprint density at radius 1 is 1.19 bits per heavy atom. The molecule has 134 valence electrons. The molecule has 1 aromatic heterocycles. The molecule has 1 heterocycles. The van der Waals surface area contributed by atoms with E-state index in [0.717, 1.165) is 16.7 Å². The summed E-state index contributed by atoms with van der Waals surface area (Å²) in [5.74, 6) is 0.683. The number of nitrogens with zero attached hydrogens (tertiary/aromatic N) is 2. The van der Waals surface area contributed by atoms with Crippen molar-refractivity contribution in [2.24, 2.45) is 0 Å². The second kappa shape index (κ2) is 6.22. The Labute approximate surface area is 156 Å². The van der Waals surface area contributed by atoms with Crippen LogP contribution in [0, 0.1) is 11.3 Å². The van der Waals surface area contributed by atoms with Gasteiger partial charge in [0, 0.05) is 23.1 Å². The summed E-state index contributed by atoms with van der Waals surface area (Å²) in [6, 6.07) is 12.4. The number of nitrogens with two attached hydrogens (primary N) is 1. The number of nitriles is 1. The zero-order chi connectivity index (χ0) is 19.1. The SMILES string of the molecule is CCOc1cc(-c2c(C#N)c(N)nc3c2Cc2c(O)cccc2-3)ccc1O. The topological polar surface area (TPSA) is 112 Å². The first-order valence-electron chi connectivity index (χ1n) is 8.55. The maximum atomic E-state index is 10.2. The fourth-order valence-corrected chi connectivity index (χ4v) is 3.57. The lowest BCUT2D eigenvalue weighted by molar-refractivity contribution is 0.318. The van der Waals surface area contributed by atoms with E-state index in [1.165, 1.54) is 6.07 Å². The van der Waals surface area contributed by atoms with E-state index in [2.05, 4.69) is 11.1 Å². The molecule has 6 heteroatoms. The molecule has 0 saturated heterocycles. The van der Waals surface area contributed by atoms with Crippen LogP contribution in [0.2, 0.25) is 0 Å². The quantitative estimate of drug-likeness (QED) is 0.515. The number of phenols is 2. The average Bonchev–Trinajstić information content (AvgIpc) is 3.02. The Bertz CT molecular complexity index is 1120. The summed E-state index contributed by atoms with van der Waals surface area (Å²) in [5, 5.41) is 29.9. The third kappa shape index (κ3) is 2.52. The van der Waals surface area contributed by atoms with E-state index in [9.17, 15) is 15.5 Å². The molecule has 6 nitrogen and oxygen atoms in total. The van der Waals surface area contributed by atoms with Gasteiger partial charge < -0.3 is 20.7 Å². The molecule has 0 radical (unpaired) electrons. The van der Waals surface area contributed by atoms with E-state index in [-0.39, 0.29) is 22.9 Å². The molecule has 0 aliphatic heterocycles. The molecular weight excluding hydrogens is 342 g/mol. The van der Waals surface area contributed by atoms with Gasteiger partial charge in [0.2, 0.25) is 0 Å². The van der Waals surface area contributed by atoms with Crippen molar-refractivity contribution >= 4 is 5.82 Å². The molecule has 0 spiro atoms. The molecule has 0 fully saturated rings. The highest BCUT2D eigenvalue weighted by Crippen LogP contribution is 2.46. The molecular formula is C21H17N3O3. The van der Waals surface area contributed by atoms with Crippen LogP contribution in [-0.2, 0) is 6.42 Å². The van der Waals surface area contributed by atoms with Crippen molar-refractivity contribution in [3.8, 4) is 45.7 Å². The Morgan fingerprint density at radius 2 is 2.00 bits per heavy atom. The molecule has 4 rings (SSSR count). The van der Waals surface area contributed by atoms with E-state index in [0.29, 0.717) is 35.6 Å². The molecule has 0 unspecified atom stereocenters. The molecule has 0 amide bonds. The molecule has 4 N–H and O–H groups in total. The van der Waals surface area contributed by atoms with Gasteiger partial charge in [0.25, 0.3) is 0 Å². The van der Waals surface area contributed by atoms with Crippen molar-refractivity contribution in [3.05, 3.63) is 53.1 Å².